The van der Waals surface area contributed by atoms with Crippen molar-refractivity contribution in [2.45, 2.75) is 32.2 Å². The molecule has 1 atom stereocenters. The summed E-state index contributed by atoms with van der Waals surface area (Å²) in [5, 5.41) is 12.0. The molecule has 0 spiro atoms. The van der Waals surface area contributed by atoms with Crippen LogP contribution in [-0.2, 0) is 6.42 Å². The lowest BCUT2D eigenvalue weighted by Crippen LogP contribution is -2.22. The molecule has 2 rings (SSSR count). The van der Waals surface area contributed by atoms with Crippen LogP contribution in [0.15, 0.2) is 30.3 Å². The first-order valence-electron chi connectivity index (χ1n) is 5.91. The SMILES string of the molecule is CCCC(Cc1cc2ccccc2[nH]1)[N+](=O)[O-]. The number of hydrogen-bond acceptors (Lipinski definition) is 2. The summed E-state index contributed by atoms with van der Waals surface area (Å²) in [6.45, 7) is 1.97. The first-order chi connectivity index (χ1) is 8.20. The van der Waals surface area contributed by atoms with Crippen LogP contribution in [0.2, 0.25) is 0 Å². The average Bonchev–Trinajstić information content (AvgIpc) is 2.70. The van der Waals surface area contributed by atoms with Gasteiger partial charge >= 0.3 is 0 Å². The van der Waals surface area contributed by atoms with E-state index in [0.29, 0.717) is 12.8 Å². The van der Waals surface area contributed by atoms with Gasteiger partial charge in [-0.05, 0) is 23.9 Å². The molecule has 0 aliphatic carbocycles. The Balaban J connectivity index is 2.19. The molecule has 1 aromatic heterocycles. The number of para-hydroxylation sites is 1. The Labute approximate surface area is 99.8 Å². The Morgan fingerprint density at radius 1 is 1.41 bits per heavy atom. The molecule has 4 heteroatoms. The van der Waals surface area contributed by atoms with Gasteiger partial charge in [0.2, 0.25) is 6.04 Å². The third-order valence-corrected chi connectivity index (χ3v) is 2.96. The largest absolute Gasteiger partial charge is 0.358 e. The van der Waals surface area contributed by atoms with E-state index in [9.17, 15) is 10.1 Å². The molecule has 0 aliphatic rings. The highest BCUT2D eigenvalue weighted by Crippen LogP contribution is 2.17. The highest BCUT2D eigenvalue weighted by atomic mass is 16.6. The first-order valence-corrected chi connectivity index (χ1v) is 5.91. The first kappa shape index (κ1) is 11.6. The van der Waals surface area contributed by atoms with Gasteiger partial charge < -0.3 is 4.98 Å². The summed E-state index contributed by atoms with van der Waals surface area (Å²) in [6.07, 6.45) is 1.95. The van der Waals surface area contributed by atoms with Crippen LogP contribution in [0.4, 0.5) is 0 Å². The van der Waals surface area contributed by atoms with Crippen LogP contribution in [0.25, 0.3) is 10.9 Å². The fraction of sp³-hybridized carbons (Fsp3) is 0.385. The smallest absolute Gasteiger partial charge is 0.218 e. The number of nitrogens with zero attached hydrogens (tertiary/aromatic N) is 1. The van der Waals surface area contributed by atoms with E-state index in [1.165, 1.54) is 0 Å². The lowest BCUT2D eigenvalue weighted by molar-refractivity contribution is -0.523. The van der Waals surface area contributed by atoms with Gasteiger partial charge in [-0.15, -0.1) is 0 Å². The van der Waals surface area contributed by atoms with Crippen molar-refractivity contribution in [3.8, 4) is 0 Å². The molecule has 1 heterocycles. The normalized spacial score (nSPS) is 12.8. The summed E-state index contributed by atoms with van der Waals surface area (Å²) >= 11 is 0. The molecule has 1 N–H and O–H groups in total. The van der Waals surface area contributed by atoms with Crippen molar-refractivity contribution in [1.82, 2.24) is 4.98 Å². The van der Waals surface area contributed by atoms with Crippen LogP contribution >= 0.6 is 0 Å². The third-order valence-electron chi connectivity index (χ3n) is 2.96. The second kappa shape index (κ2) is 4.99. The molecule has 17 heavy (non-hydrogen) atoms. The van der Waals surface area contributed by atoms with Gasteiger partial charge in [0.1, 0.15) is 0 Å². The molecule has 0 aliphatic heterocycles. The molecule has 2 aromatic rings. The summed E-state index contributed by atoms with van der Waals surface area (Å²) in [5.41, 5.74) is 1.99. The molecular formula is C13H16N2O2. The number of hydrogen-bond donors (Lipinski definition) is 1. The lowest BCUT2D eigenvalue weighted by Gasteiger charge is -2.06. The van der Waals surface area contributed by atoms with Gasteiger partial charge in [-0.2, -0.15) is 0 Å². The minimum Gasteiger partial charge on any atom is -0.358 e. The van der Waals surface area contributed by atoms with Crippen LogP contribution in [0, 0.1) is 10.1 Å². The Morgan fingerprint density at radius 2 is 2.18 bits per heavy atom. The van der Waals surface area contributed by atoms with Gasteiger partial charge in [0.05, 0.1) is 6.42 Å². The van der Waals surface area contributed by atoms with E-state index in [-0.39, 0.29) is 4.92 Å². The highest BCUT2D eigenvalue weighted by molar-refractivity contribution is 5.80. The minimum atomic E-state index is -0.479. The fourth-order valence-corrected chi connectivity index (χ4v) is 2.11. The van der Waals surface area contributed by atoms with Crippen molar-refractivity contribution < 1.29 is 4.92 Å². The summed E-state index contributed by atoms with van der Waals surface area (Å²) in [5.74, 6) is 0. The highest BCUT2D eigenvalue weighted by Gasteiger charge is 2.20. The number of nitro groups is 1. The third kappa shape index (κ3) is 2.64. The number of aromatic amines is 1. The molecule has 0 fully saturated rings. The zero-order valence-electron chi connectivity index (χ0n) is 9.85. The topological polar surface area (TPSA) is 58.9 Å². The molecule has 1 aromatic carbocycles. The van der Waals surface area contributed by atoms with E-state index in [2.05, 4.69) is 4.98 Å². The van der Waals surface area contributed by atoms with Crippen LogP contribution in [0.3, 0.4) is 0 Å². The Bertz CT molecular complexity index is 486. The van der Waals surface area contributed by atoms with Gasteiger partial charge in [0, 0.05) is 22.6 Å². The Kier molecular flexibility index (Phi) is 3.42. The predicted octanol–water partition coefficient (Wildman–Crippen LogP) is 3.16. The molecule has 0 amide bonds. The Morgan fingerprint density at radius 3 is 2.82 bits per heavy atom. The predicted molar refractivity (Wildman–Crippen MR) is 67.7 cm³/mol. The van der Waals surface area contributed by atoms with Crippen molar-refractivity contribution in [3.63, 3.8) is 0 Å². The summed E-state index contributed by atoms with van der Waals surface area (Å²) < 4.78 is 0. The van der Waals surface area contributed by atoms with Crippen LogP contribution in [0.5, 0.6) is 0 Å². The molecule has 0 saturated carbocycles. The minimum absolute atomic E-state index is 0.172. The van der Waals surface area contributed by atoms with Crippen molar-refractivity contribution in [3.05, 3.63) is 46.1 Å². The quantitative estimate of drug-likeness (QED) is 0.635. The van der Waals surface area contributed by atoms with E-state index in [1.54, 1.807) is 0 Å². The van der Waals surface area contributed by atoms with Gasteiger partial charge in [-0.3, -0.25) is 10.1 Å². The second-order valence-corrected chi connectivity index (χ2v) is 4.31. The van der Waals surface area contributed by atoms with Crippen LogP contribution < -0.4 is 0 Å². The molecule has 90 valence electrons. The zero-order chi connectivity index (χ0) is 12.3. The van der Waals surface area contributed by atoms with Gasteiger partial charge in [0.25, 0.3) is 0 Å². The summed E-state index contributed by atoms with van der Waals surface area (Å²) in [4.78, 5) is 14.0. The van der Waals surface area contributed by atoms with E-state index in [0.717, 1.165) is 23.0 Å². The second-order valence-electron chi connectivity index (χ2n) is 4.31. The summed E-state index contributed by atoms with van der Waals surface area (Å²) in [6, 6.07) is 9.45. The zero-order valence-corrected chi connectivity index (χ0v) is 9.85. The molecule has 1 unspecified atom stereocenters. The van der Waals surface area contributed by atoms with Crippen molar-refractivity contribution in [2.24, 2.45) is 0 Å². The van der Waals surface area contributed by atoms with Gasteiger partial charge in [0.15, 0.2) is 0 Å². The van der Waals surface area contributed by atoms with Gasteiger partial charge in [-0.25, -0.2) is 0 Å². The maximum atomic E-state index is 10.9. The van der Waals surface area contributed by atoms with Crippen LogP contribution in [0.1, 0.15) is 25.5 Å². The number of benzene rings is 1. The maximum absolute atomic E-state index is 10.9. The van der Waals surface area contributed by atoms with Crippen LogP contribution in [-0.4, -0.2) is 15.9 Å². The molecule has 4 nitrogen and oxygen atoms in total. The van der Waals surface area contributed by atoms with Gasteiger partial charge in [-0.1, -0.05) is 25.1 Å². The number of nitrogens with one attached hydrogen (secondary N) is 1. The van der Waals surface area contributed by atoms with Crippen molar-refractivity contribution in [1.29, 1.82) is 0 Å². The molecule has 0 saturated heterocycles. The maximum Gasteiger partial charge on any atom is 0.218 e. The van der Waals surface area contributed by atoms with E-state index >= 15 is 0 Å². The van der Waals surface area contributed by atoms with E-state index < -0.39 is 6.04 Å². The monoisotopic (exact) mass is 232 g/mol. The number of rotatable bonds is 5. The van der Waals surface area contributed by atoms with Crippen molar-refractivity contribution in [2.75, 3.05) is 0 Å². The average molecular weight is 232 g/mol. The number of fused-ring (bicyclic) bond motifs is 1. The molecular weight excluding hydrogens is 216 g/mol. The standard InChI is InChI=1S/C13H16N2O2/c1-2-5-12(15(16)17)9-11-8-10-6-3-4-7-13(10)14-11/h3-4,6-8,12,14H,2,5,9H2,1H3. The number of aromatic nitrogens is 1. The fourth-order valence-electron chi connectivity index (χ4n) is 2.11. The summed E-state index contributed by atoms with van der Waals surface area (Å²) in [7, 11) is 0. The lowest BCUT2D eigenvalue weighted by atomic mass is 10.1. The molecule has 0 bridgehead atoms. The molecule has 0 radical (unpaired) electrons. The van der Waals surface area contributed by atoms with Crippen molar-refractivity contribution >= 4 is 10.9 Å². The Hall–Kier alpha value is -1.84. The van der Waals surface area contributed by atoms with E-state index in [4.69, 9.17) is 0 Å². The number of H-pyrrole nitrogens is 1. The van der Waals surface area contributed by atoms with E-state index in [1.807, 2.05) is 37.3 Å².